The van der Waals surface area contributed by atoms with Crippen LogP contribution in [0.25, 0.3) is 0 Å². The third kappa shape index (κ3) is 15.9. The summed E-state index contributed by atoms with van der Waals surface area (Å²) in [7, 11) is 0. The van der Waals surface area contributed by atoms with Crippen molar-refractivity contribution in [3.63, 3.8) is 0 Å². The summed E-state index contributed by atoms with van der Waals surface area (Å²) in [6, 6.07) is 0. The summed E-state index contributed by atoms with van der Waals surface area (Å²) in [6.07, 6.45) is 5.74. The van der Waals surface area contributed by atoms with E-state index in [1.54, 1.807) is 0 Å². The second-order valence-electron chi connectivity index (χ2n) is 4.36. The van der Waals surface area contributed by atoms with Crippen molar-refractivity contribution in [1.29, 1.82) is 0 Å². The van der Waals surface area contributed by atoms with E-state index in [9.17, 15) is 0 Å². The number of hydrogen-bond acceptors (Lipinski definition) is 2. The molecule has 0 spiro atoms. The van der Waals surface area contributed by atoms with Gasteiger partial charge < -0.3 is 15.4 Å². The maximum Gasteiger partial charge on any atom is 0.191 e. The Labute approximate surface area is 136 Å². The highest BCUT2D eigenvalue weighted by Crippen LogP contribution is 1.90. The van der Waals surface area contributed by atoms with Gasteiger partial charge in [-0.25, -0.2) is 0 Å². The number of nitrogens with zero attached hydrogens (tertiary/aromatic N) is 1. The van der Waals surface area contributed by atoms with Crippen molar-refractivity contribution in [2.45, 2.75) is 52.9 Å². The number of rotatable bonds is 11. The van der Waals surface area contributed by atoms with Crippen LogP contribution in [0, 0.1) is 0 Å². The molecular formula is C14H32IN3O. The van der Waals surface area contributed by atoms with E-state index in [1.165, 1.54) is 19.3 Å². The lowest BCUT2D eigenvalue weighted by atomic mass is 10.3. The molecule has 0 heterocycles. The van der Waals surface area contributed by atoms with Crippen LogP contribution in [-0.4, -0.2) is 38.8 Å². The van der Waals surface area contributed by atoms with Crippen LogP contribution in [0.1, 0.15) is 52.9 Å². The van der Waals surface area contributed by atoms with Gasteiger partial charge in [0.05, 0.1) is 0 Å². The van der Waals surface area contributed by atoms with Gasteiger partial charge in [-0.05, 0) is 26.2 Å². The first kappa shape index (κ1) is 21.3. The Kier molecular flexibility index (Phi) is 20.1. The largest absolute Gasteiger partial charge is 0.381 e. The molecule has 116 valence electrons. The van der Waals surface area contributed by atoms with Gasteiger partial charge in [0, 0.05) is 32.8 Å². The van der Waals surface area contributed by atoms with E-state index in [4.69, 9.17) is 4.74 Å². The zero-order valence-electron chi connectivity index (χ0n) is 12.8. The zero-order chi connectivity index (χ0) is 13.5. The Bertz CT molecular complexity index is 201. The lowest BCUT2D eigenvalue weighted by molar-refractivity contribution is 0.130. The maximum absolute atomic E-state index is 5.50. The van der Waals surface area contributed by atoms with Gasteiger partial charge in [-0.15, -0.1) is 24.0 Å². The van der Waals surface area contributed by atoms with E-state index in [-0.39, 0.29) is 24.0 Å². The molecule has 0 radical (unpaired) electrons. The molecule has 0 saturated carbocycles. The monoisotopic (exact) mass is 385 g/mol. The molecule has 0 amide bonds. The molecule has 0 fully saturated rings. The van der Waals surface area contributed by atoms with Crippen molar-refractivity contribution in [2.75, 3.05) is 32.8 Å². The minimum Gasteiger partial charge on any atom is -0.381 e. The van der Waals surface area contributed by atoms with Crippen molar-refractivity contribution in [1.82, 2.24) is 10.6 Å². The molecule has 19 heavy (non-hydrogen) atoms. The van der Waals surface area contributed by atoms with Crippen LogP contribution in [0.5, 0.6) is 0 Å². The molecule has 0 atom stereocenters. The highest BCUT2D eigenvalue weighted by molar-refractivity contribution is 14.0. The highest BCUT2D eigenvalue weighted by atomic mass is 127. The van der Waals surface area contributed by atoms with Crippen LogP contribution in [0.3, 0.4) is 0 Å². The number of aliphatic imine (C=N–C) groups is 1. The first-order valence-electron chi connectivity index (χ1n) is 7.45. The standard InChI is InChI=1S/C14H31N3O.HI/c1-4-7-10-16-14(15-6-3)17-11-9-13-18-12-8-5-2;/h4-13H2,1-3H3,(H2,15,16,17);1H. The van der Waals surface area contributed by atoms with Crippen LogP contribution in [-0.2, 0) is 4.74 Å². The Morgan fingerprint density at radius 3 is 2.26 bits per heavy atom. The van der Waals surface area contributed by atoms with Gasteiger partial charge in [0.1, 0.15) is 0 Å². The third-order valence-electron chi connectivity index (χ3n) is 2.53. The molecule has 0 saturated heterocycles. The summed E-state index contributed by atoms with van der Waals surface area (Å²) >= 11 is 0. The van der Waals surface area contributed by atoms with Crippen LogP contribution in [0.2, 0.25) is 0 Å². The summed E-state index contributed by atoms with van der Waals surface area (Å²) in [5, 5.41) is 6.58. The summed E-state index contributed by atoms with van der Waals surface area (Å²) in [5.74, 6) is 0.930. The molecule has 4 nitrogen and oxygen atoms in total. The Balaban J connectivity index is 0. The molecule has 0 aliphatic heterocycles. The smallest absolute Gasteiger partial charge is 0.191 e. The lowest BCUT2D eigenvalue weighted by Crippen LogP contribution is -2.37. The Hall–Kier alpha value is -0.0400. The number of guanidine groups is 1. The molecule has 0 aromatic rings. The third-order valence-corrected chi connectivity index (χ3v) is 2.53. The van der Waals surface area contributed by atoms with Crippen LogP contribution < -0.4 is 10.6 Å². The number of halogens is 1. The fourth-order valence-corrected chi connectivity index (χ4v) is 1.43. The predicted octanol–water partition coefficient (Wildman–Crippen LogP) is 3.17. The van der Waals surface area contributed by atoms with E-state index < -0.39 is 0 Å². The molecule has 0 aliphatic rings. The summed E-state index contributed by atoms with van der Waals surface area (Å²) in [6.45, 7) is 10.9. The number of ether oxygens (including phenoxy) is 1. The molecule has 0 aromatic carbocycles. The van der Waals surface area contributed by atoms with Gasteiger partial charge in [0.25, 0.3) is 0 Å². The normalized spacial score (nSPS) is 11.0. The molecule has 0 bridgehead atoms. The second kappa shape index (κ2) is 18.0. The van der Waals surface area contributed by atoms with Gasteiger partial charge in [-0.3, -0.25) is 4.99 Å². The van der Waals surface area contributed by atoms with Gasteiger partial charge in [-0.1, -0.05) is 26.7 Å². The minimum atomic E-state index is 0. The maximum atomic E-state index is 5.50. The van der Waals surface area contributed by atoms with E-state index >= 15 is 0 Å². The van der Waals surface area contributed by atoms with Gasteiger partial charge in [0.15, 0.2) is 5.96 Å². The summed E-state index contributed by atoms with van der Waals surface area (Å²) in [4.78, 5) is 4.52. The fourth-order valence-electron chi connectivity index (χ4n) is 1.43. The van der Waals surface area contributed by atoms with Crippen LogP contribution in [0.15, 0.2) is 4.99 Å². The number of nitrogens with one attached hydrogen (secondary N) is 2. The topological polar surface area (TPSA) is 45.7 Å². The quantitative estimate of drug-likeness (QED) is 0.249. The molecule has 0 aliphatic carbocycles. The predicted molar refractivity (Wildman–Crippen MR) is 94.6 cm³/mol. The van der Waals surface area contributed by atoms with E-state index in [1.807, 2.05) is 0 Å². The first-order valence-corrected chi connectivity index (χ1v) is 7.45. The average molecular weight is 385 g/mol. The highest BCUT2D eigenvalue weighted by Gasteiger charge is 1.95. The SMILES string of the molecule is CCCCNC(=NCCCOCCCC)NCC.I. The second-order valence-corrected chi connectivity index (χ2v) is 4.36. The van der Waals surface area contributed by atoms with E-state index in [0.29, 0.717) is 0 Å². The van der Waals surface area contributed by atoms with Crippen molar-refractivity contribution in [3.8, 4) is 0 Å². The molecule has 5 heteroatoms. The fraction of sp³-hybridized carbons (Fsp3) is 0.929. The molecular weight excluding hydrogens is 353 g/mol. The van der Waals surface area contributed by atoms with E-state index in [2.05, 4.69) is 36.4 Å². The average Bonchev–Trinajstić information content (AvgIpc) is 2.38. The van der Waals surface area contributed by atoms with Crippen molar-refractivity contribution in [3.05, 3.63) is 0 Å². The van der Waals surface area contributed by atoms with Crippen LogP contribution >= 0.6 is 24.0 Å². The van der Waals surface area contributed by atoms with Crippen molar-refractivity contribution in [2.24, 2.45) is 4.99 Å². The van der Waals surface area contributed by atoms with Gasteiger partial charge >= 0.3 is 0 Å². The van der Waals surface area contributed by atoms with Crippen molar-refractivity contribution < 1.29 is 4.74 Å². The van der Waals surface area contributed by atoms with Crippen molar-refractivity contribution >= 4 is 29.9 Å². The minimum absolute atomic E-state index is 0. The Morgan fingerprint density at radius 2 is 1.63 bits per heavy atom. The number of unbranched alkanes of at least 4 members (excludes halogenated alkanes) is 2. The first-order chi connectivity index (χ1) is 8.85. The van der Waals surface area contributed by atoms with Gasteiger partial charge in [0.2, 0.25) is 0 Å². The molecule has 0 rings (SSSR count). The zero-order valence-corrected chi connectivity index (χ0v) is 15.2. The van der Waals surface area contributed by atoms with Crippen LogP contribution in [0.4, 0.5) is 0 Å². The summed E-state index contributed by atoms with van der Waals surface area (Å²) in [5.41, 5.74) is 0. The summed E-state index contributed by atoms with van der Waals surface area (Å²) < 4.78 is 5.50. The Morgan fingerprint density at radius 1 is 0.947 bits per heavy atom. The van der Waals surface area contributed by atoms with E-state index in [0.717, 1.165) is 51.6 Å². The lowest BCUT2D eigenvalue weighted by Gasteiger charge is -2.10. The molecule has 2 N–H and O–H groups in total. The molecule has 0 unspecified atom stereocenters. The molecule has 0 aromatic heterocycles. The van der Waals surface area contributed by atoms with Gasteiger partial charge in [-0.2, -0.15) is 0 Å². The number of hydrogen-bond donors (Lipinski definition) is 2.